The average Bonchev–Trinajstić information content (AvgIpc) is 2.96. The second kappa shape index (κ2) is 5.86. The van der Waals surface area contributed by atoms with Crippen LogP contribution >= 0.6 is 0 Å². The summed E-state index contributed by atoms with van der Waals surface area (Å²) in [5.41, 5.74) is 0. The Hall–Kier alpha value is -1.85. The van der Waals surface area contributed by atoms with Crippen molar-refractivity contribution in [1.29, 1.82) is 0 Å². The van der Waals surface area contributed by atoms with E-state index in [4.69, 9.17) is 5.11 Å². The predicted molar refractivity (Wildman–Crippen MR) is 67.3 cm³/mol. The summed E-state index contributed by atoms with van der Waals surface area (Å²) in [4.78, 5) is 32.8. The number of aliphatic carboxylic acids is 1. The van der Waals surface area contributed by atoms with Crippen molar-refractivity contribution in [3.63, 3.8) is 0 Å². The third kappa shape index (κ3) is 3.81. The largest absolute Gasteiger partial charge is 0.478 e. The van der Waals surface area contributed by atoms with Crippen molar-refractivity contribution in [2.45, 2.75) is 25.7 Å². The van der Waals surface area contributed by atoms with Crippen molar-refractivity contribution < 1.29 is 19.5 Å². The molecule has 2 aliphatic rings. The van der Waals surface area contributed by atoms with E-state index in [9.17, 15) is 14.4 Å². The zero-order chi connectivity index (χ0) is 13.8. The van der Waals surface area contributed by atoms with Crippen LogP contribution < -0.4 is 10.6 Å². The van der Waals surface area contributed by atoms with Gasteiger partial charge in [-0.25, -0.2) is 9.59 Å². The maximum Gasteiger partial charge on any atom is 0.328 e. The summed E-state index contributed by atoms with van der Waals surface area (Å²) in [6, 6.07) is -0.567. The van der Waals surface area contributed by atoms with Crippen LogP contribution in [0.15, 0.2) is 12.2 Å². The number of carbonyl (C=O) groups is 3. The number of imide groups is 1. The van der Waals surface area contributed by atoms with Gasteiger partial charge in [0, 0.05) is 18.7 Å². The number of nitrogens with one attached hydrogen (secondary N) is 2. The van der Waals surface area contributed by atoms with E-state index in [0.29, 0.717) is 24.5 Å². The zero-order valence-corrected chi connectivity index (χ0v) is 10.6. The van der Waals surface area contributed by atoms with Crippen molar-refractivity contribution in [3.05, 3.63) is 12.2 Å². The summed E-state index contributed by atoms with van der Waals surface area (Å²) < 4.78 is 0. The van der Waals surface area contributed by atoms with Crippen LogP contribution in [0.25, 0.3) is 0 Å². The summed E-state index contributed by atoms with van der Waals surface area (Å²) in [5, 5.41) is 13.1. The molecule has 3 N–H and O–H groups in total. The molecular formula is C13H18N2O4. The fraction of sp³-hybridized carbons (Fsp3) is 0.615. The number of hydrogen-bond donors (Lipinski definition) is 3. The Kier molecular flexibility index (Phi) is 4.19. The first kappa shape index (κ1) is 13.6. The van der Waals surface area contributed by atoms with Gasteiger partial charge in [-0.05, 0) is 37.0 Å². The summed E-state index contributed by atoms with van der Waals surface area (Å²) in [5.74, 6) is 0.104. The van der Waals surface area contributed by atoms with Crippen molar-refractivity contribution in [3.8, 4) is 0 Å². The molecule has 2 aliphatic carbocycles. The molecule has 19 heavy (non-hydrogen) atoms. The molecule has 0 aromatic carbocycles. The third-order valence-electron chi connectivity index (χ3n) is 4.02. The zero-order valence-electron chi connectivity index (χ0n) is 10.6. The summed E-state index contributed by atoms with van der Waals surface area (Å²) in [6.45, 7) is 0.586. The fourth-order valence-electron chi connectivity index (χ4n) is 3.19. The lowest BCUT2D eigenvalue weighted by atomic mass is 9.89. The van der Waals surface area contributed by atoms with E-state index >= 15 is 0 Å². The van der Waals surface area contributed by atoms with Gasteiger partial charge in [0.1, 0.15) is 0 Å². The highest BCUT2D eigenvalue weighted by Crippen LogP contribution is 2.47. The number of carbonyl (C=O) groups excluding carboxylic acids is 2. The number of carboxylic acids is 1. The van der Waals surface area contributed by atoms with E-state index in [0.717, 1.165) is 18.4 Å². The molecule has 2 saturated carbocycles. The second-order valence-electron chi connectivity index (χ2n) is 5.31. The van der Waals surface area contributed by atoms with Crippen LogP contribution in [0.1, 0.15) is 25.7 Å². The van der Waals surface area contributed by atoms with Crippen LogP contribution in [0.2, 0.25) is 0 Å². The average molecular weight is 266 g/mol. The topological polar surface area (TPSA) is 95.5 Å². The highest BCUT2D eigenvalue weighted by atomic mass is 16.4. The van der Waals surface area contributed by atoms with Gasteiger partial charge in [0.15, 0.2) is 0 Å². The molecule has 0 aromatic rings. The van der Waals surface area contributed by atoms with Gasteiger partial charge in [-0.15, -0.1) is 0 Å². The Morgan fingerprint density at radius 1 is 1.16 bits per heavy atom. The van der Waals surface area contributed by atoms with E-state index in [1.54, 1.807) is 0 Å². The molecule has 0 saturated heterocycles. The highest BCUT2D eigenvalue weighted by Gasteiger charge is 2.39. The first-order chi connectivity index (χ1) is 9.04. The molecule has 6 heteroatoms. The quantitative estimate of drug-likeness (QED) is 0.658. The lowest BCUT2D eigenvalue weighted by molar-refractivity contribution is -0.131. The number of urea groups is 1. The number of hydrogen-bond acceptors (Lipinski definition) is 3. The molecule has 104 valence electrons. The van der Waals surface area contributed by atoms with Crippen LogP contribution in [0.3, 0.4) is 0 Å². The molecule has 2 rings (SSSR count). The van der Waals surface area contributed by atoms with Gasteiger partial charge in [0.2, 0.25) is 0 Å². The smallest absolute Gasteiger partial charge is 0.328 e. The molecule has 3 atom stereocenters. The first-order valence-corrected chi connectivity index (χ1v) is 6.54. The fourth-order valence-corrected chi connectivity index (χ4v) is 3.19. The Morgan fingerprint density at radius 3 is 2.53 bits per heavy atom. The van der Waals surface area contributed by atoms with Crippen LogP contribution in [-0.4, -0.2) is 29.6 Å². The second-order valence-corrected chi connectivity index (χ2v) is 5.31. The van der Waals surface area contributed by atoms with E-state index in [1.807, 2.05) is 0 Å². The van der Waals surface area contributed by atoms with Crippen LogP contribution in [0.5, 0.6) is 0 Å². The van der Waals surface area contributed by atoms with Gasteiger partial charge in [0.05, 0.1) is 0 Å². The molecule has 2 bridgehead atoms. The lowest BCUT2D eigenvalue weighted by Crippen LogP contribution is -2.41. The van der Waals surface area contributed by atoms with E-state index < -0.39 is 17.9 Å². The van der Waals surface area contributed by atoms with Crippen LogP contribution in [-0.2, 0) is 9.59 Å². The number of rotatable bonds is 4. The number of amides is 3. The van der Waals surface area contributed by atoms with E-state index in [-0.39, 0.29) is 0 Å². The Morgan fingerprint density at radius 2 is 1.95 bits per heavy atom. The molecule has 0 aromatic heterocycles. The van der Waals surface area contributed by atoms with Gasteiger partial charge < -0.3 is 10.4 Å². The minimum absolute atomic E-state index is 0.522. The molecule has 0 heterocycles. The third-order valence-corrected chi connectivity index (χ3v) is 4.02. The van der Waals surface area contributed by atoms with Crippen molar-refractivity contribution in [1.82, 2.24) is 10.6 Å². The molecular weight excluding hydrogens is 248 g/mol. The van der Waals surface area contributed by atoms with Crippen molar-refractivity contribution >= 4 is 17.9 Å². The van der Waals surface area contributed by atoms with Gasteiger partial charge in [-0.3, -0.25) is 10.1 Å². The SMILES string of the molecule is O=C(O)/C=C/C(=O)NC(=O)NCC1CC2CCC1C2. The standard InChI is InChI=1S/C13H18N2O4/c16-11(3-4-12(17)18)15-13(19)14-7-10-6-8-1-2-9(10)5-8/h3-4,8-10H,1-2,5-7H2,(H,17,18)(H2,14,15,16,19)/b4-3+. The maximum atomic E-state index is 11.4. The van der Waals surface area contributed by atoms with E-state index in [1.165, 1.54) is 19.3 Å². The molecule has 3 unspecified atom stereocenters. The lowest BCUT2D eigenvalue weighted by Gasteiger charge is -2.21. The van der Waals surface area contributed by atoms with Crippen LogP contribution in [0, 0.1) is 17.8 Å². The molecule has 6 nitrogen and oxygen atoms in total. The monoisotopic (exact) mass is 266 g/mol. The molecule has 0 aliphatic heterocycles. The molecule has 2 fully saturated rings. The number of fused-ring (bicyclic) bond motifs is 2. The van der Waals surface area contributed by atoms with Gasteiger partial charge in [-0.2, -0.15) is 0 Å². The van der Waals surface area contributed by atoms with Crippen molar-refractivity contribution in [2.75, 3.05) is 6.54 Å². The minimum Gasteiger partial charge on any atom is -0.478 e. The normalized spacial score (nSPS) is 28.5. The number of carboxylic acid groups (broad SMARTS) is 1. The Balaban J connectivity index is 1.67. The summed E-state index contributed by atoms with van der Waals surface area (Å²) in [7, 11) is 0. The Labute approximate surface area is 111 Å². The summed E-state index contributed by atoms with van der Waals surface area (Å²) in [6.07, 6.45) is 6.51. The molecule has 0 spiro atoms. The minimum atomic E-state index is -1.22. The predicted octanol–water partition coefficient (Wildman–Crippen LogP) is 0.889. The van der Waals surface area contributed by atoms with Gasteiger partial charge in [0.25, 0.3) is 5.91 Å². The van der Waals surface area contributed by atoms with E-state index in [2.05, 4.69) is 10.6 Å². The Bertz CT molecular complexity index is 419. The maximum absolute atomic E-state index is 11.4. The molecule has 3 amide bonds. The molecule has 0 radical (unpaired) electrons. The van der Waals surface area contributed by atoms with Crippen molar-refractivity contribution in [2.24, 2.45) is 17.8 Å². The van der Waals surface area contributed by atoms with Gasteiger partial charge >= 0.3 is 12.0 Å². The van der Waals surface area contributed by atoms with Gasteiger partial charge in [-0.1, -0.05) is 6.42 Å². The highest BCUT2D eigenvalue weighted by molar-refractivity contribution is 6.02. The first-order valence-electron chi connectivity index (χ1n) is 6.54. The van der Waals surface area contributed by atoms with Crippen LogP contribution in [0.4, 0.5) is 4.79 Å². The summed E-state index contributed by atoms with van der Waals surface area (Å²) >= 11 is 0.